The number of hydrogen-bond acceptors (Lipinski definition) is 3. The smallest absolute Gasteiger partial charge is 0.182 e. The van der Waals surface area contributed by atoms with Gasteiger partial charge >= 0.3 is 0 Å². The number of nitrogens with one attached hydrogen (secondary N) is 1. The van der Waals surface area contributed by atoms with E-state index in [1.807, 2.05) is 49.3 Å². The van der Waals surface area contributed by atoms with Gasteiger partial charge in [0.1, 0.15) is 0 Å². The minimum absolute atomic E-state index is 0.172. The summed E-state index contributed by atoms with van der Waals surface area (Å²) in [5, 5.41) is 3.05. The fourth-order valence-corrected chi connectivity index (χ4v) is 1.89. The molecule has 0 spiro atoms. The maximum atomic E-state index is 12.0. The molecule has 0 aromatic heterocycles. The van der Waals surface area contributed by atoms with Gasteiger partial charge in [0.05, 0.1) is 13.2 Å². The summed E-state index contributed by atoms with van der Waals surface area (Å²) in [6.45, 7) is 5.18. The van der Waals surface area contributed by atoms with Crippen molar-refractivity contribution in [3.8, 4) is 0 Å². The van der Waals surface area contributed by atoms with E-state index in [1.165, 1.54) is 5.56 Å². The van der Waals surface area contributed by atoms with Crippen molar-refractivity contribution >= 4 is 5.78 Å². The second-order valence-corrected chi connectivity index (χ2v) is 4.17. The fourth-order valence-electron chi connectivity index (χ4n) is 1.89. The molecule has 0 fully saturated rings. The first-order valence-electron chi connectivity index (χ1n) is 5.41. The zero-order valence-electron chi connectivity index (χ0n) is 9.66. The molecule has 0 unspecified atom stereocenters. The summed E-state index contributed by atoms with van der Waals surface area (Å²) < 4.78 is 0. The maximum absolute atomic E-state index is 12.0. The van der Waals surface area contributed by atoms with Gasteiger partial charge in [-0.1, -0.05) is 23.8 Å². The van der Waals surface area contributed by atoms with Gasteiger partial charge in [0, 0.05) is 18.0 Å². The first kappa shape index (κ1) is 10.7. The van der Waals surface area contributed by atoms with Crippen LogP contribution in [-0.2, 0) is 0 Å². The molecule has 1 aromatic rings. The molecule has 0 saturated heterocycles. The van der Waals surface area contributed by atoms with Crippen LogP contribution in [0.1, 0.15) is 21.5 Å². The van der Waals surface area contributed by atoms with Gasteiger partial charge in [-0.25, -0.2) is 0 Å². The molecular weight excluding hydrogens is 200 g/mol. The summed E-state index contributed by atoms with van der Waals surface area (Å²) in [5.74, 6) is 0.172. The molecule has 0 atom stereocenters. The van der Waals surface area contributed by atoms with Crippen LogP contribution < -0.4 is 5.32 Å². The van der Waals surface area contributed by atoms with Crippen molar-refractivity contribution in [3.63, 3.8) is 0 Å². The van der Waals surface area contributed by atoms with Crippen molar-refractivity contribution in [3.05, 3.63) is 47.3 Å². The molecule has 1 heterocycles. The number of aryl methyl sites for hydroxylation is 2. The average Bonchev–Trinajstić information content (AvgIpc) is 2.70. The minimum Gasteiger partial charge on any atom is -0.373 e. The molecule has 3 nitrogen and oxygen atoms in total. The highest BCUT2D eigenvalue weighted by atomic mass is 16.1. The molecule has 0 saturated carbocycles. The van der Waals surface area contributed by atoms with Crippen LogP contribution in [0.15, 0.2) is 30.6 Å². The Balaban J connectivity index is 2.11. The molecule has 1 aliphatic heterocycles. The lowest BCUT2D eigenvalue weighted by Crippen LogP contribution is -2.27. The van der Waals surface area contributed by atoms with Crippen LogP contribution in [0, 0.1) is 13.8 Å². The van der Waals surface area contributed by atoms with E-state index in [0.29, 0.717) is 6.54 Å². The molecule has 0 aliphatic carbocycles. The molecule has 3 heteroatoms. The highest BCUT2D eigenvalue weighted by Crippen LogP contribution is 2.12. The Morgan fingerprint density at radius 2 is 2.25 bits per heavy atom. The number of carbonyl (C=O) groups excluding carboxylic acids is 1. The largest absolute Gasteiger partial charge is 0.373 e. The van der Waals surface area contributed by atoms with Crippen LogP contribution in [0.2, 0.25) is 0 Å². The SMILES string of the molecule is Cc1ccc(C(=O)CN2C=CNC2)c(C)c1. The highest BCUT2D eigenvalue weighted by Gasteiger charge is 2.13. The van der Waals surface area contributed by atoms with Gasteiger partial charge in [-0.15, -0.1) is 0 Å². The summed E-state index contributed by atoms with van der Waals surface area (Å²) >= 11 is 0. The Hall–Kier alpha value is -1.77. The molecule has 16 heavy (non-hydrogen) atoms. The number of ketones is 1. The van der Waals surface area contributed by atoms with Crippen LogP contribution in [0.5, 0.6) is 0 Å². The second kappa shape index (κ2) is 4.39. The van der Waals surface area contributed by atoms with Crippen LogP contribution in [-0.4, -0.2) is 23.9 Å². The molecule has 0 bridgehead atoms. The van der Waals surface area contributed by atoms with Crippen LogP contribution in [0.25, 0.3) is 0 Å². The number of benzene rings is 1. The Bertz CT molecular complexity index is 438. The topological polar surface area (TPSA) is 32.3 Å². The van der Waals surface area contributed by atoms with E-state index < -0.39 is 0 Å². The van der Waals surface area contributed by atoms with Crippen LogP contribution in [0.4, 0.5) is 0 Å². The van der Waals surface area contributed by atoms with E-state index in [9.17, 15) is 4.79 Å². The lowest BCUT2D eigenvalue weighted by molar-refractivity contribution is 0.0957. The van der Waals surface area contributed by atoms with E-state index in [4.69, 9.17) is 0 Å². The van der Waals surface area contributed by atoms with Crippen molar-refractivity contribution in [2.75, 3.05) is 13.2 Å². The third-order valence-corrected chi connectivity index (χ3v) is 2.73. The van der Waals surface area contributed by atoms with Crippen molar-refractivity contribution < 1.29 is 4.79 Å². The molecule has 2 rings (SSSR count). The van der Waals surface area contributed by atoms with E-state index >= 15 is 0 Å². The summed E-state index contributed by atoms with van der Waals surface area (Å²) in [5.41, 5.74) is 3.07. The van der Waals surface area contributed by atoms with E-state index in [2.05, 4.69) is 5.32 Å². The fraction of sp³-hybridized carbons (Fsp3) is 0.308. The highest BCUT2D eigenvalue weighted by molar-refractivity contribution is 5.99. The molecule has 1 aliphatic rings. The number of Topliss-reactive ketones (excluding diaryl/α,β-unsaturated/α-hetero) is 1. The Labute approximate surface area is 95.8 Å². The van der Waals surface area contributed by atoms with Crippen molar-refractivity contribution in [1.82, 2.24) is 10.2 Å². The first-order chi connectivity index (χ1) is 7.66. The molecule has 1 N–H and O–H groups in total. The normalized spacial score (nSPS) is 14.0. The Kier molecular flexibility index (Phi) is 2.95. The molecule has 0 amide bonds. The van der Waals surface area contributed by atoms with Gasteiger partial charge in [0.2, 0.25) is 0 Å². The number of rotatable bonds is 3. The van der Waals surface area contributed by atoms with Crippen LogP contribution >= 0.6 is 0 Å². The summed E-state index contributed by atoms with van der Waals surface area (Å²) in [7, 11) is 0. The first-order valence-corrected chi connectivity index (χ1v) is 5.41. The lowest BCUT2D eigenvalue weighted by atomic mass is 10.0. The van der Waals surface area contributed by atoms with Crippen molar-refractivity contribution in [1.29, 1.82) is 0 Å². The van der Waals surface area contributed by atoms with Gasteiger partial charge in [-0.3, -0.25) is 4.79 Å². The Morgan fingerprint density at radius 1 is 1.44 bits per heavy atom. The monoisotopic (exact) mass is 216 g/mol. The molecular formula is C13H16N2O. The summed E-state index contributed by atoms with van der Waals surface area (Å²) in [6.07, 6.45) is 3.76. The molecule has 0 radical (unpaired) electrons. The maximum Gasteiger partial charge on any atom is 0.182 e. The minimum atomic E-state index is 0.172. The van der Waals surface area contributed by atoms with Gasteiger partial charge in [-0.2, -0.15) is 0 Å². The lowest BCUT2D eigenvalue weighted by Gasteiger charge is -2.14. The van der Waals surface area contributed by atoms with Gasteiger partial charge in [0.25, 0.3) is 0 Å². The number of hydrogen-bond donors (Lipinski definition) is 1. The van der Waals surface area contributed by atoms with Crippen molar-refractivity contribution in [2.24, 2.45) is 0 Å². The van der Waals surface area contributed by atoms with Gasteiger partial charge < -0.3 is 10.2 Å². The molecule has 84 valence electrons. The number of carbonyl (C=O) groups is 1. The molecule has 1 aromatic carbocycles. The Morgan fingerprint density at radius 3 is 2.88 bits per heavy atom. The predicted octanol–water partition coefficient (Wildman–Crippen LogP) is 1.82. The standard InChI is InChI=1S/C13H16N2O/c1-10-3-4-12(11(2)7-10)13(16)8-15-6-5-14-9-15/h3-7,14H,8-9H2,1-2H3. The van der Waals surface area contributed by atoms with E-state index in [-0.39, 0.29) is 5.78 Å². The zero-order chi connectivity index (χ0) is 11.5. The summed E-state index contributed by atoms with van der Waals surface area (Å²) in [4.78, 5) is 14.0. The third kappa shape index (κ3) is 2.24. The van der Waals surface area contributed by atoms with Crippen LogP contribution in [0.3, 0.4) is 0 Å². The third-order valence-electron chi connectivity index (χ3n) is 2.73. The summed E-state index contributed by atoms with van der Waals surface area (Å²) in [6, 6.07) is 5.95. The van der Waals surface area contributed by atoms with Crippen molar-refractivity contribution in [2.45, 2.75) is 13.8 Å². The predicted molar refractivity (Wildman–Crippen MR) is 64.1 cm³/mol. The average molecular weight is 216 g/mol. The van der Waals surface area contributed by atoms with Gasteiger partial charge in [0.15, 0.2) is 5.78 Å². The van der Waals surface area contributed by atoms with Gasteiger partial charge in [-0.05, 0) is 19.4 Å². The van der Waals surface area contributed by atoms with E-state index in [0.717, 1.165) is 17.8 Å². The quantitative estimate of drug-likeness (QED) is 0.782. The number of nitrogens with zero attached hydrogens (tertiary/aromatic N) is 1. The zero-order valence-corrected chi connectivity index (χ0v) is 9.66. The second-order valence-electron chi connectivity index (χ2n) is 4.17. The van der Waals surface area contributed by atoms with E-state index in [1.54, 1.807) is 0 Å².